The molecule has 0 saturated carbocycles. The van der Waals surface area contributed by atoms with E-state index in [4.69, 9.17) is 9.47 Å². The Kier molecular flexibility index (Phi) is 7.57. The molecule has 2 fully saturated rings. The molecule has 0 bridgehead atoms. The first-order chi connectivity index (χ1) is 16.8. The number of azo groups is 1. The molecular weight excluding hydrogens is 428 g/mol. The lowest BCUT2D eigenvalue weighted by Crippen LogP contribution is -2.37. The van der Waals surface area contributed by atoms with E-state index >= 15 is 0 Å². The van der Waals surface area contributed by atoms with Crippen molar-refractivity contribution in [2.45, 2.75) is 25.8 Å². The zero-order valence-electron chi connectivity index (χ0n) is 19.6. The molecule has 178 valence electrons. The van der Waals surface area contributed by atoms with Crippen LogP contribution in [0, 0.1) is 0 Å². The highest BCUT2D eigenvalue weighted by Gasteiger charge is 2.16. The van der Waals surface area contributed by atoms with Crippen molar-refractivity contribution >= 4 is 22.3 Å². The maximum Gasteiger partial charge on any atom is 0.318 e. The van der Waals surface area contributed by atoms with E-state index < -0.39 is 0 Å². The van der Waals surface area contributed by atoms with Crippen molar-refractivity contribution in [2.75, 3.05) is 57.4 Å². The summed E-state index contributed by atoms with van der Waals surface area (Å²) >= 11 is 0. The fraction of sp³-hybridized carbons (Fsp3) is 0.462. The topological polar surface area (TPSA) is 75.4 Å². The standard InChI is InChI=1S/C26H32N6O2/c1-4-10-31(11-5-1)12-17-34-26-28-24(19-25(29-26)32-13-15-33-16-14-32)20-27-30-23-9-8-21-6-2-3-7-22(21)18-23/h2-3,6-9,18-19H,1,4-5,10-17,20H2. The number of morpholine rings is 1. The highest BCUT2D eigenvalue weighted by Crippen LogP contribution is 2.22. The molecule has 8 heteroatoms. The van der Waals surface area contributed by atoms with E-state index in [-0.39, 0.29) is 0 Å². The molecule has 2 aromatic carbocycles. The van der Waals surface area contributed by atoms with E-state index in [1.807, 2.05) is 30.3 Å². The van der Waals surface area contributed by atoms with Gasteiger partial charge in [0.25, 0.3) is 0 Å². The smallest absolute Gasteiger partial charge is 0.318 e. The van der Waals surface area contributed by atoms with Crippen molar-refractivity contribution < 1.29 is 9.47 Å². The van der Waals surface area contributed by atoms with Gasteiger partial charge in [-0.2, -0.15) is 20.2 Å². The molecule has 0 spiro atoms. The fourth-order valence-corrected chi connectivity index (χ4v) is 4.44. The van der Waals surface area contributed by atoms with Gasteiger partial charge >= 0.3 is 6.01 Å². The number of rotatable bonds is 8. The van der Waals surface area contributed by atoms with Crippen LogP contribution in [0.25, 0.3) is 10.8 Å². The highest BCUT2D eigenvalue weighted by atomic mass is 16.5. The number of benzene rings is 2. The van der Waals surface area contributed by atoms with Gasteiger partial charge in [0, 0.05) is 25.7 Å². The third-order valence-electron chi connectivity index (χ3n) is 6.32. The third-order valence-corrected chi connectivity index (χ3v) is 6.32. The summed E-state index contributed by atoms with van der Waals surface area (Å²) in [5.74, 6) is 0.863. The predicted molar refractivity (Wildman–Crippen MR) is 133 cm³/mol. The Labute approximate surface area is 200 Å². The highest BCUT2D eigenvalue weighted by molar-refractivity contribution is 5.85. The van der Waals surface area contributed by atoms with Crippen LogP contribution in [0.5, 0.6) is 6.01 Å². The van der Waals surface area contributed by atoms with E-state index in [9.17, 15) is 0 Å². The quantitative estimate of drug-likeness (QED) is 0.457. The molecule has 34 heavy (non-hydrogen) atoms. The number of nitrogens with zero attached hydrogens (tertiary/aromatic N) is 6. The molecule has 2 aliphatic rings. The summed E-state index contributed by atoms with van der Waals surface area (Å²) in [6.45, 7) is 7.18. The van der Waals surface area contributed by atoms with Crippen molar-refractivity contribution in [2.24, 2.45) is 10.2 Å². The normalized spacial score (nSPS) is 17.5. The summed E-state index contributed by atoms with van der Waals surface area (Å²) in [6, 6.07) is 16.8. The summed E-state index contributed by atoms with van der Waals surface area (Å²) in [6.07, 6.45) is 3.88. The van der Waals surface area contributed by atoms with E-state index in [1.165, 1.54) is 24.6 Å². The fourth-order valence-electron chi connectivity index (χ4n) is 4.44. The Morgan fingerprint density at radius 3 is 2.56 bits per heavy atom. The summed E-state index contributed by atoms with van der Waals surface area (Å²) < 4.78 is 11.5. The van der Waals surface area contributed by atoms with Crippen molar-refractivity contribution in [1.82, 2.24) is 14.9 Å². The number of likely N-dealkylation sites (tertiary alicyclic amines) is 1. The van der Waals surface area contributed by atoms with Crippen LogP contribution in [-0.4, -0.2) is 67.4 Å². The summed E-state index contributed by atoms with van der Waals surface area (Å²) in [5.41, 5.74) is 1.63. The van der Waals surface area contributed by atoms with Crippen molar-refractivity contribution in [3.05, 3.63) is 54.2 Å². The van der Waals surface area contributed by atoms with Crippen LogP contribution in [0.3, 0.4) is 0 Å². The minimum absolute atomic E-state index is 0.370. The van der Waals surface area contributed by atoms with Crippen molar-refractivity contribution in [1.29, 1.82) is 0 Å². The van der Waals surface area contributed by atoms with Crippen LogP contribution in [0.15, 0.2) is 58.8 Å². The lowest BCUT2D eigenvalue weighted by molar-refractivity contribution is 0.122. The molecule has 0 atom stereocenters. The molecule has 0 radical (unpaired) electrons. The molecule has 0 N–H and O–H groups in total. The zero-order chi connectivity index (χ0) is 23.0. The number of anilines is 1. The molecule has 3 heterocycles. The van der Waals surface area contributed by atoms with E-state index in [2.05, 4.69) is 48.2 Å². The van der Waals surface area contributed by atoms with Gasteiger partial charge < -0.3 is 14.4 Å². The average Bonchev–Trinajstić information content (AvgIpc) is 2.90. The first kappa shape index (κ1) is 22.7. The van der Waals surface area contributed by atoms with Gasteiger partial charge in [-0.1, -0.05) is 36.8 Å². The first-order valence-corrected chi connectivity index (χ1v) is 12.3. The van der Waals surface area contributed by atoms with Gasteiger partial charge in [-0.15, -0.1) is 0 Å². The first-order valence-electron chi connectivity index (χ1n) is 12.3. The average molecular weight is 461 g/mol. The summed E-state index contributed by atoms with van der Waals surface area (Å²) in [7, 11) is 0. The largest absolute Gasteiger partial charge is 0.462 e. The minimum atomic E-state index is 0.370. The summed E-state index contributed by atoms with van der Waals surface area (Å²) in [5, 5.41) is 11.2. The molecule has 0 unspecified atom stereocenters. The van der Waals surface area contributed by atoms with E-state index in [0.717, 1.165) is 55.3 Å². The Bertz CT molecular complexity index is 1110. The number of fused-ring (bicyclic) bond motifs is 1. The monoisotopic (exact) mass is 460 g/mol. The van der Waals surface area contributed by atoms with Gasteiger partial charge in [-0.05, 0) is 48.8 Å². The van der Waals surface area contributed by atoms with Gasteiger partial charge in [0.1, 0.15) is 19.0 Å². The van der Waals surface area contributed by atoms with Crippen LogP contribution >= 0.6 is 0 Å². The molecule has 1 aromatic heterocycles. The molecule has 2 saturated heterocycles. The second kappa shape index (κ2) is 11.4. The second-order valence-electron chi connectivity index (χ2n) is 8.78. The Morgan fingerprint density at radius 1 is 0.882 bits per heavy atom. The molecule has 3 aromatic rings. The van der Waals surface area contributed by atoms with Crippen LogP contribution in [0.4, 0.5) is 11.5 Å². The number of ether oxygens (including phenoxy) is 2. The number of hydrogen-bond donors (Lipinski definition) is 0. The van der Waals surface area contributed by atoms with Crippen molar-refractivity contribution in [3.8, 4) is 6.01 Å². The van der Waals surface area contributed by atoms with Crippen LogP contribution in [0.2, 0.25) is 0 Å². The predicted octanol–water partition coefficient (Wildman–Crippen LogP) is 4.62. The van der Waals surface area contributed by atoms with Crippen LogP contribution in [-0.2, 0) is 11.3 Å². The van der Waals surface area contributed by atoms with Gasteiger partial charge in [0.05, 0.1) is 24.6 Å². The molecule has 0 amide bonds. The van der Waals surface area contributed by atoms with E-state index in [0.29, 0.717) is 32.4 Å². The Morgan fingerprint density at radius 2 is 1.71 bits per heavy atom. The molecule has 0 aliphatic carbocycles. The van der Waals surface area contributed by atoms with Crippen molar-refractivity contribution in [3.63, 3.8) is 0 Å². The Hall–Kier alpha value is -3.10. The lowest BCUT2D eigenvalue weighted by Gasteiger charge is -2.28. The molecular formula is C26H32N6O2. The van der Waals surface area contributed by atoms with Gasteiger partial charge in [-0.25, -0.2) is 0 Å². The van der Waals surface area contributed by atoms with Gasteiger partial charge in [-0.3, -0.25) is 4.90 Å². The third kappa shape index (κ3) is 6.07. The second-order valence-corrected chi connectivity index (χ2v) is 8.78. The number of hydrogen-bond acceptors (Lipinski definition) is 8. The Balaban J connectivity index is 1.27. The molecule has 2 aliphatic heterocycles. The van der Waals surface area contributed by atoms with Gasteiger partial charge in [0.2, 0.25) is 0 Å². The molecule has 5 rings (SSSR count). The lowest BCUT2D eigenvalue weighted by atomic mass is 10.1. The van der Waals surface area contributed by atoms with Crippen LogP contribution < -0.4 is 9.64 Å². The van der Waals surface area contributed by atoms with E-state index in [1.54, 1.807) is 0 Å². The SMILES string of the molecule is c1ccc2cc(N=NCc3cc(N4CCOCC4)nc(OCCN4CCCCC4)n3)ccc2c1. The number of piperidine rings is 1. The van der Waals surface area contributed by atoms with Crippen LogP contribution in [0.1, 0.15) is 25.0 Å². The minimum Gasteiger partial charge on any atom is -0.462 e. The maximum absolute atomic E-state index is 6.00. The maximum atomic E-state index is 6.00. The molecule has 8 nitrogen and oxygen atoms in total. The number of aromatic nitrogens is 2. The van der Waals surface area contributed by atoms with Gasteiger partial charge in [0.15, 0.2) is 0 Å². The zero-order valence-corrected chi connectivity index (χ0v) is 19.6. The summed E-state index contributed by atoms with van der Waals surface area (Å²) in [4.78, 5) is 14.0.